The van der Waals surface area contributed by atoms with Gasteiger partial charge in [-0.05, 0) is 36.9 Å². The molecule has 0 saturated heterocycles. The van der Waals surface area contributed by atoms with Crippen molar-refractivity contribution in [1.82, 2.24) is 15.1 Å². The van der Waals surface area contributed by atoms with Crippen molar-refractivity contribution < 1.29 is 9.59 Å². The van der Waals surface area contributed by atoms with Crippen LogP contribution in [0.25, 0.3) is 5.69 Å². The summed E-state index contributed by atoms with van der Waals surface area (Å²) in [5.74, 6) is 0.768. The van der Waals surface area contributed by atoms with Crippen molar-refractivity contribution in [3.05, 3.63) is 63.5 Å². The molecule has 4 rings (SSSR count). The summed E-state index contributed by atoms with van der Waals surface area (Å²) in [6.07, 6.45) is 0.844. The number of fused-ring (bicyclic) bond motifs is 1. The molecule has 1 aromatic carbocycles. The van der Waals surface area contributed by atoms with Crippen molar-refractivity contribution in [2.45, 2.75) is 51.7 Å². The van der Waals surface area contributed by atoms with Gasteiger partial charge in [-0.2, -0.15) is 5.10 Å². The quantitative estimate of drug-likeness (QED) is 0.507. The second-order valence-electron chi connectivity index (χ2n) is 9.62. The first-order valence-electron chi connectivity index (χ1n) is 11.6. The predicted molar refractivity (Wildman–Crippen MR) is 141 cm³/mol. The molecule has 0 radical (unpaired) electrons. The van der Waals surface area contributed by atoms with Gasteiger partial charge in [0.25, 0.3) is 0 Å². The maximum absolute atomic E-state index is 13.5. The summed E-state index contributed by atoms with van der Waals surface area (Å²) < 4.78 is 1.87. The van der Waals surface area contributed by atoms with Crippen LogP contribution in [0.3, 0.4) is 0 Å². The molecule has 3 aromatic rings. The molecule has 1 N–H and O–H groups in total. The highest BCUT2D eigenvalue weighted by molar-refractivity contribution is 8.00. The van der Waals surface area contributed by atoms with Crippen LogP contribution in [0.15, 0.2) is 41.8 Å². The average Bonchev–Trinajstić information content (AvgIpc) is 3.43. The summed E-state index contributed by atoms with van der Waals surface area (Å²) in [6, 6.07) is 12.3. The van der Waals surface area contributed by atoms with E-state index >= 15 is 0 Å². The maximum atomic E-state index is 13.5. The third-order valence-corrected chi connectivity index (χ3v) is 8.08. The minimum absolute atomic E-state index is 0.0231. The highest BCUT2D eigenvalue weighted by atomic mass is 32.2. The third kappa shape index (κ3) is 4.93. The van der Waals surface area contributed by atoms with Crippen LogP contribution in [0, 0.1) is 6.92 Å². The van der Waals surface area contributed by atoms with Gasteiger partial charge in [0, 0.05) is 22.4 Å². The molecule has 0 fully saturated rings. The SMILES string of the molecule is CCCNC(=O)CN1C(=O)CSC(c2cccs2)c2c(C(C)(C)C)nn(-c3ccc(C)cc3)c21. The molecule has 0 spiro atoms. The minimum atomic E-state index is -0.250. The summed E-state index contributed by atoms with van der Waals surface area (Å²) in [7, 11) is 0. The molecular weight excluding hydrogens is 464 g/mol. The number of anilines is 1. The van der Waals surface area contributed by atoms with Crippen LogP contribution in [0.5, 0.6) is 0 Å². The molecule has 1 aliphatic rings. The zero-order chi connectivity index (χ0) is 24.5. The number of thiophene rings is 1. The smallest absolute Gasteiger partial charge is 0.240 e. The lowest BCUT2D eigenvalue weighted by Gasteiger charge is -2.24. The van der Waals surface area contributed by atoms with E-state index in [1.807, 2.05) is 48.9 Å². The first kappa shape index (κ1) is 24.5. The fraction of sp³-hybridized carbons (Fsp3) is 0.423. The summed E-state index contributed by atoms with van der Waals surface area (Å²) in [5, 5.41) is 10.1. The van der Waals surface area contributed by atoms with Gasteiger partial charge < -0.3 is 5.32 Å². The topological polar surface area (TPSA) is 67.2 Å². The summed E-state index contributed by atoms with van der Waals surface area (Å²) >= 11 is 3.31. The molecule has 2 amide bonds. The largest absolute Gasteiger partial charge is 0.355 e. The Kier molecular flexibility index (Phi) is 7.19. The normalized spacial score (nSPS) is 16.3. The second kappa shape index (κ2) is 9.96. The van der Waals surface area contributed by atoms with Crippen molar-refractivity contribution in [3.63, 3.8) is 0 Å². The van der Waals surface area contributed by atoms with Crippen LogP contribution >= 0.6 is 23.1 Å². The number of thioether (sulfide) groups is 1. The number of carbonyl (C=O) groups is 2. The van der Waals surface area contributed by atoms with Gasteiger partial charge in [-0.15, -0.1) is 23.1 Å². The van der Waals surface area contributed by atoms with Crippen molar-refractivity contribution in [3.8, 4) is 5.69 Å². The molecule has 34 heavy (non-hydrogen) atoms. The van der Waals surface area contributed by atoms with E-state index in [9.17, 15) is 9.59 Å². The zero-order valence-corrected chi connectivity index (χ0v) is 22.1. The minimum Gasteiger partial charge on any atom is -0.355 e. The summed E-state index contributed by atoms with van der Waals surface area (Å²) in [5.41, 5.74) is 3.75. The molecule has 8 heteroatoms. The fourth-order valence-corrected chi connectivity index (χ4v) is 6.24. The van der Waals surface area contributed by atoms with E-state index in [0.717, 1.165) is 28.9 Å². The Bertz CT molecular complexity index is 1160. The third-order valence-electron chi connectivity index (χ3n) is 5.75. The van der Waals surface area contributed by atoms with Gasteiger partial charge in [0.15, 0.2) is 0 Å². The monoisotopic (exact) mass is 496 g/mol. The lowest BCUT2D eigenvalue weighted by molar-refractivity contribution is -0.122. The number of aromatic nitrogens is 2. The predicted octanol–water partition coefficient (Wildman–Crippen LogP) is 5.24. The van der Waals surface area contributed by atoms with Crippen molar-refractivity contribution in [2.75, 3.05) is 23.7 Å². The van der Waals surface area contributed by atoms with E-state index < -0.39 is 0 Å². The van der Waals surface area contributed by atoms with Gasteiger partial charge in [0.2, 0.25) is 11.8 Å². The molecule has 6 nitrogen and oxygen atoms in total. The molecule has 0 saturated carbocycles. The highest BCUT2D eigenvalue weighted by Gasteiger charge is 2.40. The Morgan fingerprint density at radius 3 is 2.56 bits per heavy atom. The van der Waals surface area contributed by atoms with E-state index in [2.05, 4.69) is 37.5 Å². The van der Waals surface area contributed by atoms with E-state index in [-0.39, 0.29) is 29.0 Å². The number of amides is 2. The number of aryl methyl sites for hydroxylation is 1. The van der Waals surface area contributed by atoms with Gasteiger partial charge in [-0.3, -0.25) is 14.5 Å². The number of nitrogens with one attached hydrogen (secondary N) is 1. The Hall–Kier alpha value is -2.58. The Balaban J connectivity index is 1.97. The fourth-order valence-electron chi connectivity index (χ4n) is 4.07. The summed E-state index contributed by atoms with van der Waals surface area (Å²) in [6.45, 7) is 11.1. The molecule has 1 aliphatic heterocycles. The van der Waals surface area contributed by atoms with E-state index in [4.69, 9.17) is 5.10 Å². The molecule has 1 atom stereocenters. The molecule has 0 bridgehead atoms. The van der Waals surface area contributed by atoms with Gasteiger partial charge in [-0.1, -0.05) is 51.5 Å². The standard InChI is InChI=1S/C26H32N4O2S2/c1-6-13-27-20(31)15-29-21(32)16-34-23(19-8-7-14-33-19)22-24(26(3,4)5)28-30(25(22)29)18-11-9-17(2)10-12-18/h7-12,14,23H,6,13,15-16H2,1-5H3,(H,27,31). The number of benzene rings is 1. The second-order valence-corrected chi connectivity index (χ2v) is 11.7. The molecule has 0 aliphatic carbocycles. The van der Waals surface area contributed by atoms with Crippen LogP contribution in [-0.4, -0.2) is 40.4 Å². The van der Waals surface area contributed by atoms with Gasteiger partial charge in [0.1, 0.15) is 12.4 Å². The molecule has 1 unspecified atom stereocenters. The maximum Gasteiger partial charge on any atom is 0.240 e. The van der Waals surface area contributed by atoms with E-state index in [1.54, 1.807) is 28.0 Å². The molecule has 3 heterocycles. The number of nitrogens with zero attached hydrogens (tertiary/aromatic N) is 3. The number of carbonyl (C=O) groups excluding carboxylic acids is 2. The van der Waals surface area contributed by atoms with Crippen LogP contribution < -0.4 is 10.2 Å². The lowest BCUT2D eigenvalue weighted by atomic mass is 9.88. The molecule has 180 valence electrons. The van der Waals surface area contributed by atoms with Gasteiger partial charge in [-0.25, -0.2) is 4.68 Å². The van der Waals surface area contributed by atoms with Crippen molar-refractivity contribution in [1.29, 1.82) is 0 Å². The van der Waals surface area contributed by atoms with Gasteiger partial charge >= 0.3 is 0 Å². The van der Waals surface area contributed by atoms with Crippen molar-refractivity contribution >= 4 is 40.7 Å². The van der Waals surface area contributed by atoms with Crippen LogP contribution in [0.4, 0.5) is 5.82 Å². The lowest BCUT2D eigenvalue weighted by Crippen LogP contribution is -2.42. The average molecular weight is 497 g/mol. The first-order chi connectivity index (χ1) is 16.2. The van der Waals surface area contributed by atoms with Crippen LogP contribution in [0.1, 0.15) is 61.1 Å². The van der Waals surface area contributed by atoms with E-state index in [1.165, 1.54) is 4.88 Å². The van der Waals surface area contributed by atoms with Crippen LogP contribution in [0.2, 0.25) is 0 Å². The Labute approximate surface area is 209 Å². The van der Waals surface area contributed by atoms with Crippen LogP contribution in [-0.2, 0) is 15.0 Å². The molecule has 2 aromatic heterocycles. The number of hydrogen-bond donors (Lipinski definition) is 1. The van der Waals surface area contributed by atoms with E-state index in [0.29, 0.717) is 18.1 Å². The number of rotatable bonds is 6. The highest BCUT2D eigenvalue weighted by Crippen LogP contribution is 2.49. The van der Waals surface area contributed by atoms with Gasteiger partial charge in [0.05, 0.1) is 22.4 Å². The zero-order valence-electron chi connectivity index (χ0n) is 20.4. The summed E-state index contributed by atoms with van der Waals surface area (Å²) in [4.78, 5) is 29.1. The Morgan fingerprint density at radius 1 is 1.21 bits per heavy atom. The first-order valence-corrected chi connectivity index (χ1v) is 13.6. The molecular formula is C26H32N4O2S2. The Morgan fingerprint density at radius 2 is 1.94 bits per heavy atom. The number of hydrogen-bond acceptors (Lipinski definition) is 5. The van der Waals surface area contributed by atoms with Crippen molar-refractivity contribution in [2.24, 2.45) is 0 Å².